The molecule has 0 spiro atoms. The fourth-order valence-electron chi connectivity index (χ4n) is 0.948. The summed E-state index contributed by atoms with van der Waals surface area (Å²) in [6, 6.07) is -0.204. The van der Waals surface area contributed by atoms with Crippen LogP contribution < -0.4 is 5.32 Å². The topological polar surface area (TPSA) is 32.3 Å². The quantitative estimate of drug-likeness (QED) is 0.359. The second kappa shape index (κ2) is 6.85. The van der Waals surface area contributed by atoms with E-state index in [0.29, 0.717) is 5.57 Å². The average molecular weight is 306 g/mol. The Hall–Kier alpha value is -0.540. The van der Waals surface area contributed by atoms with Crippen molar-refractivity contribution >= 4 is 28.5 Å². The second-order valence-corrected chi connectivity index (χ2v) is 3.69. The number of alkyl halides is 1. The van der Waals surface area contributed by atoms with Gasteiger partial charge < -0.3 is 5.32 Å². The molecule has 0 aliphatic carbocycles. The molecule has 0 aromatic rings. The number of nitrogens with zero attached hydrogens (tertiary/aromatic N) is 1. The van der Waals surface area contributed by atoms with Crippen LogP contribution in [0, 0.1) is 11.8 Å². The first-order chi connectivity index (χ1) is 6.54. The van der Waals surface area contributed by atoms with E-state index in [1.54, 1.807) is 7.05 Å². The van der Waals surface area contributed by atoms with Crippen molar-refractivity contribution in [3.63, 3.8) is 0 Å². The normalized spacial score (nSPS) is 11.5. The van der Waals surface area contributed by atoms with Crippen LogP contribution in [0.5, 0.6) is 0 Å². The van der Waals surface area contributed by atoms with Crippen molar-refractivity contribution in [2.75, 3.05) is 25.6 Å². The van der Waals surface area contributed by atoms with Gasteiger partial charge in [-0.3, -0.25) is 9.69 Å². The summed E-state index contributed by atoms with van der Waals surface area (Å²) in [4.78, 5) is 13.2. The maximum Gasteiger partial charge on any atom is 0.248 e. The molecule has 1 unspecified atom stereocenters. The van der Waals surface area contributed by atoms with Gasteiger partial charge in [0, 0.05) is 12.6 Å². The zero-order chi connectivity index (χ0) is 11.1. The van der Waals surface area contributed by atoms with Gasteiger partial charge in [0.25, 0.3) is 0 Å². The lowest BCUT2D eigenvalue weighted by molar-refractivity contribution is -0.117. The number of carbonyl (C=O) groups excluding carboxylic acids is 1. The Labute approximate surface area is 99.1 Å². The van der Waals surface area contributed by atoms with Crippen LogP contribution in [0.3, 0.4) is 0 Å². The first kappa shape index (κ1) is 13.5. The monoisotopic (exact) mass is 306 g/mol. The van der Waals surface area contributed by atoms with E-state index in [1.807, 2.05) is 19.0 Å². The van der Waals surface area contributed by atoms with E-state index >= 15 is 0 Å². The molecule has 1 amide bonds. The van der Waals surface area contributed by atoms with Crippen molar-refractivity contribution in [2.45, 2.75) is 6.04 Å². The Morgan fingerprint density at radius 3 is 2.57 bits per heavy atom. The Kier molecular flexibility index (Phi) is 6.58. The van der Waals surface area contributed by atoms with Crippen LogP contribution in [0.2, 0.25) is 0 Å². The molecule has 1 atom stereocenters. The van der Waals surface area contributed by atoms with Crippen LogP contribution in [-0.2, 0) is 4.79 Å². The molecule has 0 aliphatic rings. The van der Waals surface area contributed by atoms with Crippen LogP contribution in [0.15, 0.2) is 12.2 Å². The molecule has 0 radical (unpaired) electrons. The minimum atomic E-state index is -0.204. The zero-order valence-electron chi connectivity index (χ0n) is 8.72. The molecule has 4 heteroatoms. The summed E-state index contributed by atoms with van der Waals surface area (Å²) in [6.07, 6.45) is 0. The van der Waals surface area contributed by atoms with Gasteiger partial charge in [-0.25, -0.2) is 0 Å². The first-order valence-electron chi connectivity index (χ1n) is 4.16. The SMILES string of the molecule is C=C(C(=O)NC)C(C#CCI)N(C)C. The van der Waals surface area contributed by atoms with E-state index in [9.17, 15) is 4.79 Å². The Balaban J connectivity index is 4.66. The molecule has 0 aromatic carbocycles. The summed E-state index contributed by atoms with van der Waals surface area (Å²) in [5.74, 6) is 5.77. The van der Waals surface area contributed by atoms with Gasteiger partial charge in [0.05, 0.1) is 4.43 Å². The third-order valence-corrected chi connectivity index (χ3v) is 2.05. The van der Waals surface area contributed by atoms with Crippen molar-refractivity contribution in [1.82, 2.24) is 10.2 Å². The lowest BCUT2D eigenvalue weighted by Gasteiger charge is -2.20. The molecular formula is C10H15IN2O. The van der Waals surface area contributed by atoms with Gasteiger partial charge >= 0.3 is 0 Å². The van der Waals surface area contributed by atoms with E-state index in [1.165, 1.54) is 0 Å². The number of hydrogen-bond acceptors (Lipinski definition) is 2. The predicted molar refractivity (Wildman–Crippen MR) is 67.3 cm³/mol. The molecule has 0 bridgehead atoms. The standard InChI is InChI=1S/C10H15IN2O/c1-8(10(14)12-2)9(13(3)4)6-5-7-11/h9H,1,7H2,2-4H3,(H,12,14). The van der Waals surface area contributed by atoms with Crippen LogP contribution in [0.4, 0.5) is 0 Å². The van der Waals surface area contributed by atoms with E-state index in [4.69, 9.17) is 0 Å². The lowest BCUT2D eigenvalue weighted by Crippen LogP contribution is -2.35. The molecule has 0 rings (SSSR count). The van der Waals surface area contributed by atoms with Crippen LogP contribution in [-0.4, -0.2) is 42.4 Å². The van der Waals surface area contributed by atoms with Crippen LogP contribution >= 0.6 is 22.6 Å². The first-order valence-corrected chi connectivity index (χ1v) is 5.68. The maximum absolute atomic E-state index is 11.3. The second-order valence-electron chi connectivity index (χ2n) is 2.93. The van der Waals surface area contributed by atoms with Gasteiger partial charge in [-0.1, -0.05) is 41.0 Å². The summed E-state index contributed by atoms with van der Waals surface area (Å²) < 4.78 is 0.753. The van der Waals surface area contributed by atoms with Crippen molar-refractivity contribution in [3.05, 3.63) is 12.2 Å². The molecule has 0 aliphatic heterocycles. The number of halogens is 1. The summed E-state index contributed by atoms with van der Waals surface area (Å²) in [5, 5.41) is 2.54. The number of carbonyl (C=O) groups is 1. The molecule has 14 heavy (non-hydrogen) atoms. The van der Waals surface area contributed by atoms with Crippen molar-refractivity contribution in [3.8, 4) is 11.8 Å². The highest BCUT2D eigenvalue weighted by atomic mass is 127. The molecule has 0 saturated carbocycles. The fourth-order valence-corrected chi connectivity index (χ4v) is 1.17. The number of amides is 1. The molecule has 0 heterocycles. The summed E-state index contributed by atoms with van der Waals surface area (Å²) in [7, 11) is 5.34. The van der Waals surface area contributed by atoms with E-state index < -0.39 is 0 Å². The van der Waals surface area contributed by atoms with E-state index in [0.717, 1.165) is 4.43 Å². The van der Waals surface area contributed by atoms with Crippen LogP contribution in [0.1, 0.15) is 0 Å². The van der Waals surface area contributed by atoms with Gasteiger partial charge in [0.1, 0.15) is 6.04 Å². The molecule has 0 saturated heterocycles. The van der Waals surface area contributed by atoms with Gasteiger partial charge in [-0.15, -0.1) is 0 Å². The predicted octanol–water partition coefficient (Wildman–Crippen LogP) is 0.657. The van der Waals surface area contributed by atoms with E-state index in [-0.39, 0.29) is 11.9 Å². The largest absolute Gasteiger partial charge is 0.355 e. The zero-order valence-corrected chi connectivity index (χ0v) is 10.9. The fraction of sp³-hybridized carbons (Fsp3) is 0.500. The lowest BCUT2D eigenvalue weighted by atomic mass is 10.1. The molecule has 78 valence electrons. The molecular weight excluding hydrogens is 291 g/mol. The number of rotatable bonds is 3. The van der Waals surface area contributed by atoms with Gasteiger partial charge in [0.15, 0.2) is 0 Å². The molecule has 3 nitrogen and oxygen atoms in total. The molecule has 0 aromatic heterocycles. The van der Waals surface area contributed by atoms with Crippen LogP contribution in [0.25, 0.3) is 0 Å². The smallest absolute Gasteiger partial charge is 0.248 e. The minimum Gasteiger partial charge on any atom is -0.355 e. The van der Waals surface area contributed by atoms with Crippen molar-refractivity contribution in [2.24, 2.45) is 0 Å². The Morgan fingerprint density at radius 1 is 1.64 bits per heavy atom. The van der Waals surface area contributed by atoms with Gasteiger partial charge in [-0.05, 0) is 14.1 Å². The average Bonchev–Trinajstić information content (AvgIpc) is 2.16. The third-order valence-electron chi connectivity index (χ3n) is 1.67. The van der Waals surface area contributed by atoms with E-state index in [2.05, 4.69) is 46.3 Å². The summed E-state index contributed by atoms with van der Waals surface area (Å²) >= 11 is 2.17. The summed E-state index contributed by atoms with van der Waals surface area (Å²) in [6.45, 7) is 3.74. The molecule has 1 N–H and O–H groups in total. The highest BCUT2D eigenvalue weighted by molar-refractivity contribution is 14.1. The third kappa shape index (κ3) is 4.11. The number of likely N-dealkylation sites (N-methyl/N-ethyl adjacent to an activating group) is 2. The Morgan fingerprint density at radius 2 is 2.21 bits per heavy atom. The van der Waals surface area contributed by atoms with Gasteiger partial charge in [0.2, 0.25) is 5.91 Å². The van der Waals surface area contributed by atoms with Crippen molar-refractivity contribution in [1.29, 1.82) is 0 Å². The van der Waals surface area contributed by atoms with Crippen molar-refractivity contribution < 1.29 is 4.79 Å². The maximum atomic E-state index is 11.3. The minimum absolute atomic E-state index is 0.161. The number of hydrogen-bond donors (Lipinski definition) is 1. The van der Waals surface area contributed by atoms with Gasteiger partial charge in [-0.2, -0.15) is 0 Å². The Bertz CT molecular complexity index is 276. The highest BCUT2D eigenvalue weighted by Crippen LogP contribution is 2.04. The summed E-state index contributed by atoms with van der Waals surface area (Å²) in [5.41, 5.74) is 0.481. The number of nitrogens with one attached hydrogen (secondary N) is 1. The highest BCUT2D eigenvalue weighted by Gasteiger charge is 2.17. The molecule has 0 fully saturated rings.